The average Bonchev–Trinajstić information content (AvgIpc) is 2.88. The average molecular weight is 235 g/mol. The highest BCUT2D eigenvalue weighted by Gasteiger charge is 2.01. The summed E-state index contributed by atoms with van der Waals surface area (Å²) in [7, 11) is 0. The SMILES string of the molecule is Cc1nc(CCNCCn2ccnc2C)no1. The third-order valence-corrected chi connectivity index (χ3v) is 2.55. The van der Waals surface area contributed by atoms with Gasteiger partial charge in [-0.25, -0.2) is 4.98 Å². The highest BCUT2D eigenvalue weighted by molar-refractivity contribution is 4.88. The summed E-state index contributed by atoms with van der Waals surface area (Å²) < 4.78 is 7.01. The fraction of sp³-hybridized carbons (Fsp3) is 0.545. The van der Waals surface area contributed by atoms with E-state index in [1.165, 1.54) is 0 Å². The molecule has 2 rings (SSSR count). The van der Waals surface area contributed by atoms with Crippen molar-refractivity contribution in [2.24, 2.45) is 0 Å². The maximum Gasteiger partial charge on any atom is 0.223 e. The van der Waals surface area contributed by atoms with Crippen LogP contribution in [0.15, 0.2) is 16.9 Å². The standard InChI is InChI=1S/C11H17N5O/c1-9-13-6-8-16(9)7-5-12-4-3-11-14-10(2)17-15-11/h6,8,12H,3-5,7H2,1-2H3. The molecule has 0 amide bonds. The van der Waals surface area contributed by atoms with Crippen LogP contribution in [0.2, 0.25) is 0 Å². The maximum atomic E-state index is 4.89. The van der Waals surface area contributed by atoms with Crippen molar-refractivity contribution in [3.63, 3.8) is 0 Å². The van der Waals surface area contributed by atoms with Gasteiger partial charge in [0.2, 0.25) is 5.89 Å². The number of hydrogen-bond acceptors (Lipinski definition) is 5. The molecule has 1 N–H and O–H groups in total. The monoisotopic (exact) mass is 235 g/mol. The Morgan fingerprint density at radius 3 is 2.88 bits per heavy atom. The largest absolute Gasteiger partial charge is 0.340 e. The molecule has 0 spiro atoms. The molecular formula is C11H17N5O. The second-order valence-corrected chi connectivity index (χ2v) is 3.90. The summed E-state index contributed by atoms with van der Waals surface area (Å²) in [5.74, 6) is 2.42. The fourth-order valence-electron chi connectivity index (χ4n) is 1.61. The Kier molecular flexibility index (Phi) is 3.87. The zero-order valence-corrected chi connectivity index (χ0v) is 10.2. The normalized spacial score (nSPS) is 10.9. The van der Waals surface area contributed by atoms with E-state index in [1.54, 1.807) is 6.92 Å². The molecule has 2 heterocycles. The number of rotatable bonds is 6. The Balaban J connectivity index is 1.62. The van der Waals surface area contributed by atoms with Gasteiger partial charge in [-0.3, -0.25) is 0 Å². The summed E-state index contributed by atoms with van der Waals surface area (Å²) in [4.78, 5) is 8.31. The molecule has 0 saturated heterocycles. The van der Waals surface area contributed by atoms with Gasteiger partial charge in [0.05, 0.1) is 0 Å². The lowest BCUT2D eigenvalue weighted by Crippen LogP contribution is -2.22. The molecule has 0 aromatic carbocycles. The van der Waals surface area contributed by atoms with Crippen LogP contribution < -0.4 is 5.32 Å². The van der Waals surface area contributed by atoms with Crippen molar-refractivity contribution in [3.05, 3.63) is 29.9 Å². The van der Waals surface area contributed by atoms with Crippen molar-refractivity contribution in [2.45, 2.75) is 26.8 Å². The molecule has 0 bridgehead atoms. The van der Waals surface area contributed by atoms with Crippen LogP contribution in [-0.2, 0) is 13.0 Å². The molecule has 2 aromatic rings. The Bertz CT molecular complexity index is 462. The van der Waals surface area contributed by atoms with Gasteiger partial charge in [-0.2, -0.15) is 4.98 Å². The van der Waals surface area contributed by atoms with Crippen molar-refractivity contribution < 1.29 is 4.52 Å². The van der Waals surface area contributed by atoms with Crippen LogP contribution in [0.5, 0.6) is 0 Å². The molecule has 6 heteroatoms. The molecule has 0 atom stereocenters. The highest BCUT2D eigenvalue weighted by atomic mass is 16.5. The second-order valence-electron chi connectivity index (χ2n) is 3.90. The lowest BCUT2D eigenvalue weighted by atomic mass is 10.4. The molecule has 0 fully saturated rings. The first kappa shape index (κ1) is 11.8. The number of hydrogen-bond donors (Lipinski definition) is 1. The van der Waals surface area contributed by atoms with E-state index in [1.807, 2.05) is 19.3 Å². The smallest absolute Gasteiger partial charge is 0.223 e. The van der Waals surface area contributed by atoms with E-state index in [-0.39, 0.29) is 0 Å². The van der Waals surface area contributed by atoms with E-state index >= 15 is 0 Å². The van der Waals surface area contributed by atoms with Gasteiger partial charge in [-0.1, -0.05) is 5.16 Å². The zero-order chi connectivity index (χ0) is 12.1. The Labute approximate surface area is 100 Å². The number of imidazole rings is 1. The van der Waals surface area contributed by atoms with E-state index in [0.717, 1.165) is 37.7 Å². The third-order valence-electron chi connectivity index (χ3n) is 2.55. The lowest BCUT2D eigenvalue weighted by molar-refractivity contribution is 0.387. The van der Waals surface area contributed by atoms with Gasteiger partial charge in [0.15, 0.2) is 5.82 Å². The number of aromatic nitrogens is 4. The number of aryl methyl sites for hydroxylation is 2. The van der Waals surface area contributed by atoms with E-state index in [9.17, 15) is 0 Å². The lowest BCUT2D eigenvalue weighted by Gasteiger charge is -2.05. The first-order valence-electron chi connectivity index (χ1n) is 5.73. The van der Waals surface area contributed by atoms with Crippen LogP contribution >= 0.6 is 0 Å². The van der Waals surface area contributed by atoms with Crippen molar-refractivity contribution >= 4 is 0 Å². The first-order chi connectivity index (χ1) is 8.25. The molecular weight excluding hydrogens is 218 g/mol. The molecule has 0 aliphatic rings. The van der Waals surface area contributed by atoms with Crippen LogP contribution in [0.25, 0.3) is 0 Å². The minimum Gasteiger partial charge on any atom is -0.340 e. The van der Waals surface area contributed by atoms with Gasteiger partial charge in [0.1, 0.15) is 5.82 Å². The van der Waals surface area contributed by atoms with Crippen LogP contribution in [0.4, 0.5) is 0 Å². The molecule has 0 aliphatic heterocycles. The number of nitrogens with zero attached hydrogens (tertiary/aromatic N) is 4. The van der Waals surface area contributed by atoms with E-state index in [4.69, 9.17) is 4.52 Å². The zero-order valence-electron chi connectivity index (χ0n) is 10.2. The molecule has 17 heavy (non-hydrogen) atoms. The van der Waals surface area contributed by atoms with Crippen LogP contribution in [-0.4, -0.2) is 32.8 Å². The number of nitrogens with one attached hydrogen (secondary N) is 1. The van der Waals surface area contributed by atoms with Gasteiger partial charge in [0.25, 0.3) is 0 Å². The summed E-state index contributed by atoms with van der Waals surface area (Å²) in [5, 5.41) is 7.17. The predicted octanol–water partition coefficient (Wildman–Crippen LogP) is 0.715. The quantitative estimate of drug-likeness (QED) is 0.747. The molecule has 0 saturated carbocycles. The van der Waals surface area contributed by atoms with Crippen molar-refractivity contribution in [3.8, 4) is 0 Å². The summed E-state index contributed by atoms with van der Waals surface area (Å²) >= 11 is 0. The molecule has 0 radical (unpaired) electrons. The minimum absolute atomic E-state index is 0.619. The van der Waals surface area contributed by atoms with Crippen molar-refractivity contribution in [1.29, 1.82) is 0 Å². The summed E-state index contributed by atoms with van der Waals surface area (Å²) in [6.07, 6.45) is 4.59. The van der Waals surface area contributed by atoms with Gasteiger partial charge in [0, 0.05) is 45.4 Å². The van der Waals surface area contributed by atoms with Crippen LogP contribution in [0.3, 0.4) is 0 Å². The predicted molar refractivity (Wildman–Crippen MR) is 62.6 cm³/mol. The molecule has 2 aromatic heterocycles. The molecule has 6 nitrogen and oxygen atoms in total. The van der Waals surface area contributed by atoms with E-state index in [0.29, 0.717) is 5.89 Å². The molecule has 0 aliphatic carbocycles. The third kappa shape index (κ3) is 3.39. The van der Waals surface area contributed by atoms with Gasteiger partial charge >= 0.3 is 0 Å². The van der Waals surface area contributed by atoms with Gasteiger partial charge in [-0.15, -0.1) is 0 Å². The first-order valence-corrected chi connectivity index (χ1v) is 5.73. The van der Waals surface area contributed by atoms with E-state index < -0.39 is 0 Å². The second kappa shape index (κ2) is 5.58. The molecule has 0 unspecified atom stereocenters. The van der Waals surface area contributed by atoms with Gasteiger partial charge < -0.3 is 14.4 Å². The van der Waals surface area contributed by atoms with Crippen LogP contribution in [0.1, 0.15) is 17.5 Å². The topological polar surface area (TPSA) is 68.8 Å². The highest BCUT2D eigenvalue weighted by Crippen LogP contribution is 1.95. The van der Waals surface area contributed by atoms with Crippen molar-refractivity contribution in [2.75, 3.05) is 13.1 Å². The van der Waals surface area contributed by atoms with E-state index in [2.05, 4.69) is 25.0 Å². The molecule has 92 valence electrons. The summed E-state index contributed by atoms with van der Waals surface area (Å²) in [5.41, 5.74) is 0. The summed E-state index contributed by atoms with van der Waals surface area (Å²) in [6, 6.07) is 0. The van der Waals surface area contributed by atoms with Gasteiger partial charge in [-0.05, 0) is 6.92 Å². The van der Waals surface area contributed by atoms with Crippen LogP contribution in [0, 0.1) is 13.8 Å². The Hall–Kier alpha value is -1.69. The Morgan fingerprint density at radius 1 is 1.35 bits per heavy atom. The summed E-state index contributed by atoms with van der Waals surface area (Å²) in [6.45, 7) is 6.49. The maximum absolute atomic E-state index is 4.89. The fourth-order valence-corrected chi connectivity index (χ4v) is 1.61. The van der Waals surface area contributed by atoms with Crippen molar-refractivity contribution in [1.82, 2.24) is 25.0 Å². The minimum atomic E-state index is 0.619. The Morgan fingerprint density at radius 2 is 2.24 bits per heavy atom.